The molecule has 1 amide bonds. The van der Waals surface area contributed by atoms with E-state index in [0.29, 0.717) is 6.54 Å². The van der Waals surface area contributed by atoms with Crippen LogP contribution in [0.3, 0.4) is 0 Å². The first-order valence-corrected chi connectivity index (χ1v) is 11.3. The number of halogens is 1. The van der Waals surface area contributed by atoms with E-state index in [0.717, 1.165) is 67.6 Å². The summed E-state index contributed by atoms with van der Waals surface area (Å²) in [6.07, 6.45) is 6.31. The zero-order valence-corrected chi connectivity index (χ0v) is 21.8. The van der Waals surface area contributed by atoms with Gasteiger partial charge in [0.05, 0.1) is 0 Å². The molecular weight excluding hydrogens is 517 g/mol. The van der Waals surface area contributed by atoms with Gasteiger partial charge in [0.15, 0.2) is 5.96 Å². The van der Waals surface area contributed by atoms with Gasteiger partial charge in [-0.05, 0) is 43.9 Å². The zero-order valence-electron chi connectivity index (χ0n) is 19.4. The number of aromatic nitrogens is 3. The molecule has 32 heavy (non-hydrogen) atoms. The van der Waals surface area contributed by atoms with Gasteiger partial charge in [0.1, 0.15) is 11.6 Å². The Bertz CT molecular complexity index is 894. The van der Waals surface area contributed by atoms with Crippen molar-refractivity contribution < 1.29 is 4.79 Å². The molecule has 0 spiro atoms. The quantitative estimate of drug-likeness (QED) is 0.298. The Hall–Kier alpha value is -2.17. The van der Waals surface area contributed by atoms with E-state index in [2.05, 4.69) is 38.4 Å². The summed E-state index contributed by atoms with van der Waals surface area (Å²) in [6.45, 7) is 5.30. The molecule has 0 saturated heterocycles. The third-order valence-corrected chi connectivity index (χ3v) is 5.42. The van der Waals surface area contributed by atoms with Crippen LogP contribution in [0.4, 0.5) is 0 Å². The van der Waals surface area contributed by atoms with E-state index in [1.54, 1.807) is 19.0 Å². The van der Waals surface area contributed by atoms with Crippen molar-refractivity contribution in [2.45, 2.75) is 52.0 Å². The van der Waals surface area contributed by atoms with Gasteiger partial charge in [-0.1, -0.05) is 18.6 Å². The van der Waals surface area contributed by atoms with E-state index in [9.17, 15) is 4.79 Å². The summed E-state index contributed by atoms with van der Waals surface area (Å²) in [5.41, 5.74) is 1.85. The lowest BCUT2D eigenvalue weighted by Gasteiger charge is -2.13. The third kappa shape index (κ3) is 7.46. The van der Waals surface area contributed by atoms with Crippen molar-refractivity contribution in [2.75, 3.05) is 33.7 Å². The lowest BCUT2D eigenvalue weighted by molar-refractivity contribution is 0.0827. The topological polar surface area (TPSA) is 87.4 Å². The monoisotopic (exact) mass is 553 g/mol. The second-order valence-corrected chi connectivity index (χ2v) is 8.08. The lowest BCUT2D eigenvalue weighted by Crippen LogP contribution is -2.38. The summed E-state index contributed by atoms with van der Waals surface area (Å²) in [5, 5.41) is 15.5. The fourth-order valence-corrected chi connectivity index (χ4v) is 3.78. The molecule has 8 nitrogen and oxygen atoms in total. The van der Waals surface area contributed by atoms with Gasteiger partial charge in [0.2, 0.25) is 0 Å². The minimum absolute atomic E-state index is 0. The first kappa shape index (κ1) is 26.1. The highest BCUT2D eigenvalue weighted by atomic mass is 127. The number of hydrogen-bond acceptors (Lipinski definition) is 4. The predicted molar refractivity (Wildman–Crippen MR) is 139 cm³/mol. The number of hydrogen-bond donors (Lipinski definition) is 2. The van der Waals surface area contributed by atoms with Gasteiger partial charge >= 0.3 is 0 Å². The summed E-state index contributed by atoms with van der Waals surface area (Å²) in [7, 11) is 3.54. The first-order valence-electron chi connectivity index (χ1n) is 11.3. The Morgan fingerprint density at radius 1 is 1.16 bits per heavy atom. The Morgan fingerprint density at radius 2 is 2.00 bits per heavy atom. The molecule has 2 heterocycles. The summed E-state index contributed by atoms with van der Waals surface area (Å²) < 4.78 is 2.28. The number of rotatable bonds is 8. The Labute approximate surface area is 208 Å². The normalized spacial score (nSPS) is 13.5. The van der Waals surface area contributed by atoms with Crippen LogP contribution in [0.25, 0.3) is 0 Å². The minimum atomic E-state index is 0. The number of benzene rings is 1. The van der Waals surface area contributed by atoms with Crippen molar-refractivity contribution >= 4 is 35.8 Å². The Morgan fingerprint density at radius 3 is 2.78 bits per heavy atom. The van der Waals surface area contributed by atoms with E-state index < -0.39 is 0 Å². The summed E-state index contributed by atoms with van der Waals surface area (Å²) in [4.78, 5) is 18.5. The van der Waals surface area contributed by atoms with Crippen molar-refractivity contribution in [1.29, 1.82) is 0 Å². The highest BCUT2D eigenvalue weighted by Crippen LogP contribution is 2.14. The molecule has 9 heteroatoms. The number of nitrogens with one attached hydrogen (secondary N) is 2. The lowest BCUT2D eigenvalue weighted by atomic mass is 10.1. The highest BCUT2D eigenvalue weighted by molar-refractivity contribution is 14.0. The molecule has 176 valence electrons. The van der Waals surface area contributed by atoms with Crippen LogP contribution in [-0.2, 0) is 25.8 Å². The summed E-state index contributed by atoms with van der Waals surface area (Å²) >= 11 is 0. The molecule has 0 fully saturated rings. The van der Waals surface area contributed by atoms with Gasteiger partial charge in [-0.3, -0.25) is 9.79 Å². The van der Waals surface area contributed by atoms with E-state index in [1.165, 1.54) is 19.3 Å². The smallest absolute Gasteiger partial charge is 0.253 e. The maximum atomic E-state index is 12.2. The summed E-state index contributed by atoms with van der Waals surface area (Å²) in [6, 6.07) is 7.81. The highest BCUT2D eigenvalue weighted by Gasteiger charge is 2.14. The number of aryl methyl sites for hydroxylation is 1. The van der Waals surface area contributed by atoms with E-state index in [-0.39, 0.29) is 29.9 Å². The van der Waals surface area contributed by atoms with Crippen LogP contribution in [0, 0.1) is 0 Å². The largest absolute Gasteiger partial charge is 0.357 e. The maximum Gasteiger partial charge on any atom is 0.253 e. The number of fused-ring (bicyclic) bond motifs is 1. The van der Waals surface area contributed by atoms with Gasteiger partial charge in [0, 0.05) is 58.7 Å². The van der Waals surface area contributed by atoms with Crippen LogP contribution in [0.5, 0.6) is 0 Å². The molecule has 0 unspecified atom stereocenters. The fourth-order valence-electron chi connectivity index (χ4n) is 3.78. The van der Waals surface area contributed by atoms with Crippen LogP contribution in [0.15, 0.2) is 29.3 Å². The fraction of sp³-hybridized carbons (Fsp3) is 0.565. The minimum Gasteiger partial charge on any atom is -0.357 e. The predicted octanol–water partition coefficient (Wildman–Crippen LogP) is 2.66. The molecule has 3 rings (SSSR count). The molecule has 0 radical (unpaired) electrons. The van der Waals surface area contributed by atoms with Gasteiger partial charge in [-0.25, -0.2) is 0 Å². The van der Waals surface area contributed by atoms with Crippen LogP contribution in [-0.4, -0.2) is 65.3 Å². The van der Waals surface area contributed by atoms with E-state index in [4.69, 9.17) is 4.99 Å². The van der Waals surface area contributed by atoms with Gasteiger partial charge in [0.25, 0.3) is 5.91 Å². The molecule has 0 bridgehead atoms. The van der Waals surface area contributed by atoms with E-state index >= 15 is 0 Å². The standard InChI is InChI=1S/C23H35N7O.HI/c1-4-24-23(25-14-12-18-9-8-10-19(17-18)22(31)29(2)3)26-15-13-21-28-27-20-11-6-5-7-16-30(20)21;/h8-10,17H,4-7,11-16H2,1-3H3,(H2,24,25,26);1H. The SMILES string of the molecule is CCNC(=NCCc1nnc2n1CCCCC2)NCCc1cccc(C(=O)N(C)C)c1.I. The average molecular weight is 553 g/mol. The molecule has 0 aliphatic carbocycles. The van der Waals surface area contributed by atoms with Crippen LogP contribution in [0.1, 0.15) is 53.8 Å². The number of amides is 1. The maximum absolute atomic E-state index is 12.2. The number of carbonyl (C=O) groups excluding carboxylic acids is 1. The molecule has 0 atom stereocenters. The second-order valence-electron chi connectivity index (χ2n) is 8.08. The first-order chi connectivity index (χ1) is 15.1. The van der Waals surface area contributed by atoms with Crippen molar-refractivity contribution in [2.24, 2.45) is 4.99 Å². The molecule has 1 aromatic heterocycles. The van der Waals surface area contributed by atoms with Gasteiger partial charge < -0.3 is 20.1 Å². The Kier molecular flexibility index (Phi) is 10.9. The molecule has 0 saturated carbocycles. The molecule has 1 aliphatic heterocycles. The van der Waals surface area contributed by atoms with E-state index in [1.807, 2.05) is 18.2 Å². The number of guanidine groups is 1. The number of carbonyl (C=O) groups is 1. The van der Waals surface area contributed by atoms with Crippen molar-refractivity contribution in [3.05, 3.63) is 47.0 Å². The third-order valence-electron chi connectivity index (χ3n) is 5.42. The van der Waals surface area contributed by atoms with Crippen molar-refractivity contribution in [3.8, 4) is 0 Å². The van der Waals surface area contributed by atoms with Crippen molar-refractivity contribution in [3.63, 3.8) is 0 Å². The molecule has 2 aromatic rings. The Balaban J connectivity index is 0.00000363. The van der Waals surface area contributed by atoms with Crippen LogP contribution < -0.4 is 10.6 Å². The molecule has 1 aromatic carbocycles. The average Bonchev–Trinajstić information content (AvgIpc) is 2.99. The summed E-state index contributed by atoms with van der Waals surface area (Å²) in [5.74, 6) is 2.99. The molecule has 1 aliphatic rings. The second kappa shape index (κ2) is 13.4. The number of aliphatic imine (C=N–C) groups is 1. The zero-order chi connectivity index (χ0) is 22.1. The van der Waals surface area contributed by atoms with Crippen molar-refractivity contribution in [1.82, 2.24) is 30.3 Å². The molecular formula is C23H36IN7O. The van der Waals surface area contributed by atoms with Crippen LogP contribution >= 0.6 is 24.0 Å². The van der Waals surface area contributed by atoms with Gasteiger partial charge in [-0.2, -0.15) is 0 Å². The van der Waals surface area contributed by atoms with Gasteiger partial charge in [-0.15, -0.1) is 34.2 Å². The molecule has 2 N–H and O–H groups in total. The number of nitrogens with zero attached hydrogens (tertiary/aromatic N) is 5. The van der Waals surface area contributed by atoms with Crippen LogP contribution in [0.2, 0.25) is 0 Å².